The number of nitrogens with zero attached hydrogens (tertiary/aromatic N) is 2. The summed E-state index contributed by atoms with van der Waals surface area (Å²) in [4.78, 5) is 19.4. The molecule has 0 aliphatic heterocycles. The van der Waals surface area contributed by atoms with Gasteiger partial charge in [-0.25, -0.2) is 9.37 Å². The maximum absolute atomic E-state index is 13.7. The molecular formula is C17H16ClFN4O5S. The first kappa shape index (κ1) is 21.2. The molecule has 3 aromatic rings. The zero-order chi connectivity index (χ0) is 21.1. The maximum Gasteiger partial charge on any atom is 0.268 e. The highest BCUT2D eigenvalue weighted by atomic mass is 35.5. The first-order chi connectivity index (χ1) is 13.8. The summed E-state index contributed by atoms with van der Waals surface area (Å²) in [6, 6.07) is 6.27. The molecule has 0 saturated carbocycles. The lowest BCUT2D eigenvalue weighted by Gasteiger charge is -2.17. The number of hydroxylamine groups is 2. The molecule has 3 rings (SSSR count). The molecule has 0 fully saturated rings. The number of amides is 1. The molecule has 1 amide bonds. The van der Waals surface area contributed by atoms with Crippen LogP contribution in [0.1, 0.15) is 26.4 Å². The minimum Gasteiger partial charge on any atom is -0.492 e. The molecule has 6 N–H and O–H groups in total. The van der Waals surface area contributed by atoms with Crippen molar-refractivity contribution in [3.8, 4) is 17.1 Å². The van der Waals surface area contributed by atoms with E-state index in [2.05, 4.69) is 15.3 Å². The van der Waals surface area contributed by atoms with E-state index >= 15 is 0 Å². The molecule has 12 heteroatoms. The molecule has 29 heavy (non-hydrogen) atoms. The highest BCUT2D eigenvalue weighted by molar-refractivity contribution is 7.12. The Kier molecular flexibility index (Phi) is 6.47. The number of thiazole rings is 1. The van der Waals surface area contributed by atoms with Crippen molar-refractivity contribution < 1.29 is 29.8 Å². The Morgan fingerprint density at radius 1 is 1.34 bits per heavy atom. The Hall–Kier alpha value is -2.54. The number of hydrogen-bond donors (Lipinski definition) is 6. The van der Waals surface area contributed by atoms with Gasteiger partial charge in [-0.05, 0) is 24.3 Å². The number of rotatable bonds is 7. The summed E-state index contributed by atoms with van der Waals surface area (Å²) >= 11 is 6.58. The van der Waals surface area contributed by atoms with Crippen LogP contribution < -0.4 is 5.32 Å². The normalized spacial score (nSPS) is 12.3. The summed E-state index contributed by atoms with van der Waals surface area (Å²) in [6.45, 7) is -0.900. The van der Waals surface area contributed by atoms with Gasteiger partial charge in [0.25, 0.3) is 5.91 Å². The number of aliphatic hydroxyl groups is 1. The van der Waals surface area contributed by atoms with Crippen LogP contribution in [0.2, 0.25) is 5.02 Å². The number of benzene rings is 1. The predicted molar refractivity (Wildman–Crippen MR) is 101 cm³/mol. The number of aromatic nitrogens is 2. The van der Waals surface area contributed by atoms with Crippen LogP contribution in [0.5, 0.6) is 5.88 Å². The van der Waals surface area contributed by atoms with Crippen LogP contribution in [0.4, 0.5) is 4.39 Å². The SMILES string of the molecule is O=C(NC(CN(O)O)c1nc(O)c(CO)s1)c1ccc(-c2ccc(Cl)c(F)c2)[nH]1. The third-order valence-corrected chi connectivity index (χ3v) is 5.40. The molecule has 0 aliphatic carbocycles. The van der Waals surface area contributed by atoms with Crippen molar-refractivity contribution in [1.82, 2.24) is 20.5 Å². The fraction of sp³-hybridized carbons (Fsp3) is 0.176. The Morgan fingerprint density at radius 3 is 2.72 bits per heavy atom. The molecule has 0 bridgehead atoms. The molecule has 154 valence electrons. The monoisotopic (exact) mass is 442 g/mol. The summed E-state index contributed by atoms with van der Waals surface area (Å²) in [6.07, 6.45) is 0. The van der Waals surface area contributed by atoms with Crippen LogP contribution in [0.15, 0.2) is 30.3 Å². The van der Waals surface area contributed by atoms with E-state index in [1.807, 2.05) is 0 Å². The molecule has 0 radical (unpaired) electrons. The van der Waals surface area contributed by atoms with Gasteiger partial charge < -0.3 is 20.5 Å². The van der Waals surface area contributed by atoms with Gasteiger partial charge in [-0.15, -0.1) is 11.3 Å². The van der Waals surface area contributed by atoms with E-state index in [4.69, 9.17) is 22.0 Å². The summed E-state index contributed by atoms with van der Waals surface area (Å²) in [5, 5.41) is 39.7. The molecule has 2 heterocycles. The van der Waals surface area contributed by atoms with Gasteiger partial charge in [0.15, 0.2) is 0 Å². The molecule has 1 aromatic carbocycles. The van der Waals surface area contributed by atoms with Gasteiger partial charge in [-0.2, -0.15) is 0 Å². The van der Waals surface area contributed by atoms with Crippen LogP contribution in [-0.2, 0) is 6.61 Å². The van der Waals surface area contributed by atoms with Crippen molar-refractivity contribution in [2.45, 2.75) is 12.6 Å². The lowest BCUT2D eigenvalue weighted by atomic mass is 10.1. The van der Waals surface area contributed by atoms with E-state index in [1.54, 1.807) is 12.1 Å². The first-order valence-corrected chi connectivity index (χ1v) is 9.38. The molecule has 1 atom stereocenters. The second-order valence-corrected chi connectivity index (χ2v) is 7.47. The number of aliphatic hydroxyl groups excluding tert-OH is 1. The van der Waals surface area contributed by atoms with Crippen LogP contribution >= 0.6 is 22.9 Å². The molecule has 9 nitrogen and oxygen atoms in total. The Labute approximate surface area is 172 Å². The number of carbonyl (C=O) groups excluding carboxylic acids is 1. The summed E-state index contributed by atoms with van der Waals surface area (Å²) in [7, 11) is 0. The average molecular weight is 443 g/mol. The van der Waals surface area contributed by atoms with Gasteiger partial charge >= 0.3 is 0 Å². The van der Waals surface area contributed by atoms with E-state index in [-0.39, 0.29) is 25.8 Å². The summed E-state index contributed by atoms with van der Waals surface area (Å²) < 4.78 is 13.7. The van der Waals surface area contributed by atoms with Crippen LogP contribution in [-0.4, -0.2) is 48.3 Å². The number of aromatic amines is 1. The van der Waals surface area contributed by atoms with Crippen LogP contribution in [0, 0.1) is 5.82 Å². The second-order valence-electron chi connectivity index (χ2n) is 5.95. The van der Waals surface area contributed by atoms with E-state index < -0.39 is 36.8 Å². The van der Waals surface area contributed by atoms with Crippen LogP contribution in [0.25, 0.3) is 11.3 Å². The number of carbonyl (C=O) groups is 1. The molecule has 0 aliphatic rings. The second kappa shape index (κ2) is 8.86. The van der Waals surface area contributed by atoms with Gasteiger partial charge in [-0.3, -0.25) is 15.2 Å². The Balaban J connectivity index is 1.80. The Bertz CT molecular complexity index is 1030. The summed E-state index contributed by atoms with van der Waals surface area (Å²) in [5.41, 5.74) is 1.09. The number of nitrogens with one attached hydrogen (secondary N) is 2. The van der Waals surface area contributed by atoms with Gasteiger partial charge in [0.1, 0.15) is 16.5 Å². The lowest BCUT2D eigenvalue weighted by Crippen LogP contribution is -2.35. The summed E-state index contributed by atoms with van der Waals surface area (Å²) in [5.74, 6) is -1.60. The van der Waals surface area contributed by atoms with Crippen molar-refractivity contribution in [1.29, 1.82) is 0 Å². The zero-order valence-electron chi connectivity index (χ0n) is 14.6. The standard InChI is InChI=1S/C17H16ClFN4O5S/c18-9-2-1-8(5-10(9)19)11-3-4-12(20-11)15(25)21-13(6-23(27)28)17-22-16(26)14(7-24)29-17/h1-5,13,20,24,26-28H,6-7H2,(H,21,25). The first-order valence-electron chi connectivity index (χ1n) is 8.18. The van der Waals surface area contributed by atoms with Crippen molar-refractivity contribution in [2.75, 3.05) is 6.54 Å². The maximum atomic E-state index is 13.7. The third-order valence-electron chi connectivity index (χ3n) is 3.95. The quantitative estimate of drug-likeness (QED) is 0.309. The molecular weight excluding hydrogens is 427 g/mol. The largest absolute Gasteiger partial charge is 0.492 e. The highest BCUT2D eigenvalue weighted by Crippen LogP contribution is 2.29. The molecule has 0 saturated heterocycles. The Morgan fingerprint density at radius 2 is 2.10 bits per heavy atom. The lowest BCUT2D eigenvalue weighted by molar-refractivity contribution is -0.309. The number of aromatic hydroxyl groups is 1. The fourth-order valence-corrected chi connectivity index (χ4v) is 3.54. The van der Waals surface area contributed by atoms with E-state index in [9.17, 15) is 19.4 Å². The number of halogens is 2. The molecule has 1 unspecified atom stereocenters. The highest BCUT2D eigenvalue weighted by Gasteiger charge is 2.24. The van der Waals surface area contributed by atoms with Crippen molar-refractivity contribution in [3.05, 3.63) is 56.8 Å². The van der Waals surface area contributed by atoms with Gasteiger partial charge in [0.05, 0.1) is 29.1 Å². The van der Waals surface area contributed by atoms with Crippen molar-refractivity contribution in [3.63, 3.8) is 0 Å². The topological polar surface area (TPSA) is 142 Å². The third kappa shape index (κ3) is 4.90. The van der Waals surface area contributed by atoms with Gasteiger partial charge in [-0.1, -0.05) is 22.9 Å². The number of H-pyrrole nitrogens is 1. The number of hydrogen-bond acceptors (Lipinski definition) is 8. The van der Waals surface area contributed by atoms with E-state index in [0.717, 1.165) is 11.3 Å². The smallest absolute Gasteiger partial charge is 0.268 e. The van der Waals surface area contributed by atoms with Crippen LogP contribution in [0.3, 0.4) is 0 Å². The van der Waals surface area contributed by atoms with E-state index in [0.29, 0.717) is 11.3 Å². The molecule has 0 spiro atoms. The van der Waals surface area contributed by atoms with Crippen molar-refractivity contribution in [2.24, 2.45) is 0 Å². The van der Waals surface area contributed by atoms with Crippen molar-refractivity contribution >= 4 is 28.8 Å². The van der Waals surface area contributed by atoms with E-state index in [1.165, 1.54) is 18.2 Å². The minimum absolute atomic E-state index is 0.0207. The fourth-order valence-electron chi connectivity index (χ4n) is 2.56. The average Bonchev–Trinajstić information content (AvgIpc) is 3.30. The molecule has 2 aromatic heterocycles. The van der Waals surface area contributed by atoms with Gasteiger partial charge in [0, 0.05) is 11.3 Å². The zero-order valence-corrected chi connectivity index (χ0v) is 16.2. The minimum atomic E-state index is -0.992. The van der Waals surface area contributed by atoms with Gasteiger partial charge in [0.2, 0.25) is 5.88 Å². The predicted octanol–water partition coefficient (Wildman–Crippen LogP) is 2.68.